The number of carbonyl (C=O) groups is 1. The van der Waals surface area contributed by atoms with Gasteiger partial charge in [-0.1, -0.05) is 30.0 Å². The molecule has 9 heteroatoms. The van der Waals surface area contributed by atoms with Crippen LogP contribution in [-0.4, -0.2) is 23.8 Å². The van der Waals surface area contributed by atoms with Crippen LogP contribution in [0.25, 0.3) is 11.3 Å². The van der Waals surface area contributed by atoms with Gasteiger partial charge >= 0.3 is 6.18 Å². The minimum absolute atomic E-state index is 0.0408. The van der Waals surface area contributed by atoms with Gasteiger partial charge in [-0.25, -0.2) is 4.98 Å². The van der Waals surface area contributed by atoms with Crippen molar-refractivity contribution in [3.8, 4) is 23.1 Å². The number of hydrogen-bond acceptors (Lipinski definition) is 5. The number of benzene rings is 2. The molecular weight excluding hydrogens is 427 g/mol. The number of nitriles is 1. The fraction of sp³-hybridized carbons (Fsp3) is 0.136. The second kappa shape index (κ2) is 9.53. The minimum Gasteiger partial charge on any atom is -0.497 e. The number of methoxy groups -OCH3 is 1. The molecule has 158 valence electrons. The van der Waals surface area contributed by atoms with Crippen molar-refractivity contribution in [3.63, 3.8) is 0 Å². The Morgan fingerprint density at radius 2 is 1.94 bits per heavy atom. The van der Waals surface area contributed by atoms with Crippen LogP contribution < -0.4 is 10.1 Å². The standard InChI is InChI=1S/C22H16F3N3O2S/c1-30-18-7-2-4-14(10-18)19-9-8-15(12-26)21(28-19)31-13-20(29)27-17-6-3-5-16(11-17)22(23,24)25/h2-11H,13H2,1H3,(H,27,29). The van der Waals surface area contributed by atoms with E-state index in [1.165, 1.54) is 12.1 Å². The van der Waals surface area contributed by atoms with Gasteiger partial charge in [0.25, 0.3) is 0 Å². The third kappa shape index (κ3) is 5.77. The number of alkyl halides is 3. The summed E-state index contributed by atoms with van der Waals surface area (Å²) in [6.45, 7) is 0. The molecule has 0 saturated heterocycles. The Kier molecular flexibility index (Phi) is 6.82. The summed E-state index contributed by atoms with van der Waals surface area (Å²) in [5, 5.41) is 12.1. The summed E-state index contributed by atoms with van der Waals surface area (Å²) in [7, 11) is 1.55. The molecule has 1 N–H and O–H groups in total. The first-order valence-electron chi connectivity index (χ1n) is 8.95. The van der Waals surface area contributed by atoms with Gasteiger partial charge in [0.05, 0.1) is 29.7 Å². The van der Waals surface area contributed by atoms with Gasteiger partial charge in [0.2, 0.25) is 5.91 Å². The monoisotopic (exact) mass is 443 g/mol. The van der Waals surface area contributed by atoms with Crippen LogP contribution in [0.15, 0.2) is 65.7 Å². The Hall–Kier alpha value is -3.51. The van der Waals surface area contributed by atoms with Crippen molar-refractivity contribution in [2.75, 3.05) is 18.2 Å². The van der Waals surface area contributed by atoms with Crippen molar-refractivity contribution < 1.29 is 22.7 Å². The molecule has 3 rings (SSSR count). The Balaban J connectivity index is 1.73. The lowest BCUT2D eigenvalue weighted by atomic mass is 10.1. The molecule has 0 aliphatic rings. The van der Waals surface area contributed by atoms with Crippen LogP contribution in [-0.2, 0) is 11.0 Å². The first-order valence-corrected chi connectivity index (χ1v) is 9.94. The number of nitrogens with one attached hydrogen (secondary N) is 1. The van der Waals surface area contributed by atoms with Gasteiger partial charge in [-0.05, 0) is 42.5 Å². The number of amides is 1. The third-order valence-electron chi connectivity index (χ3n) is 4.16. The lowest BCUT2D eigenvalue weighted by Crippen LogP contribution is -2.15. The Labute approximate surface area is 180 Å². The number of aromatic nitrogens is 1. The van der Waals surface area contributed by atoms with Crippen molar-refractivity contribution in [3.05, 3.63) is 71.8 Å². The number of carbonyl (C=O) groups excluding carboxylic acids is 1. The van der Waals surface area contributed by atoms with E-state index in [1.54, 1.807) is 31.4 Å². The van der Waals surface area contributed by atoms with E-state index in [4.69, 9.17) is 4.74 Å². The fourth-order valence-electron chi connectivity index (χ4n) is 2.68. The maximum atomic E-state index is 12.8. The van der Waals surface area contributed by atoms with E-state index >= 15 is 0 Å². The summed E-state index contributed by atoms with van der Waals surface area (Å²) >= 11 is 1.03. The zero-order valence-corrected chi connectivity index (χ0v) is 17.1. The summed E-state index contributed by atoms with van der Waals surface area (Å²) < 4.78 is 43.7. The van der Waals surface area contributed by atoms with E-state index in [0.29, 0.717) is 22.0 Å². The summed E-state index contributed by atoms with van der Waals surface area (Å²) in [5.74, 6) is 0.0135. The molecule has 0 saturated carbocycles. The molecule has 0 radical (unpaired) electrons. The number of anilines is 1. The minimum atomic E-state index is -4.50. The van der Waals surface area contributed by atoms with E-state index in [1.807, 2.05) is 18.2 Å². The van der Waals surface area contributed by atoms with E-state index < -0.39 is 17.6 Å². The van der Waals surface area contributed by atoms with Gasteiger partial charge < -0.3 is 10.1 Å². The number of thioether (sulfide) groups is 1. The SMILES string of the molecule is COc1cccc(-c2ccc(C#N)c(SCC(=O)Nc3cccc(C(F)(F)F)c3)n2)c1. The molecule has 0 spiro atoms. The second-order valence-electron chi connectivity index (χ2n) is 6.31. The van der Waals surface area contributed by atoms with E-state index in [-0.39, 0.29) is 11.4 Å². The maximum absolute atomic E-state index is 12.8. The van der Waals surface area contributed by atoms with Crippen molar-refractivity contribution in [1.82, 2.24) is 4.98 Å². The molecular formula is C22H16F3N3O2S. The highest BCUT2D eigenvalue weighted by atomic mass is 32.2. The number of ether oxygens (including phenoxy) is 1. The molecule has 1 amide bonds. The van der Waals surface area contributed by atoms with Crippen LogP contribution in [0, 0.1) is 11.3 Å². The number of pyridine rings is 1. The quantitative estimate of drug-likeness (QED) is 0.518. The van der Waals surface area contributed by atoms with E-state index in [0.717, 1.165) is 29.5 Å². The number of rotatable bonds is 6. The summed E-state index contributed by atoms with van der Waals surface area (Å²) in [4.78, 5) is 16.7. The van der Waals surface area contributed by atoms with Gasteiger partial charge in [-0.3, -0.25) is 4.79 Å². The predicted molar refractivity (Wildman–Crippen MR) is 112 cm³/mol. The molecule has 31 heavy (non-hydrogen) atoms. The Morgan fingerprint density at radius 1 is 1.16 bits per heavy atom. The smallest absolute Gasteiger partial charge is 0.416 e. The number of hydrogen-bond donors (Lipinski definition) is 1. The number of halogens is 3. The Morgan fingerprint density at radius 3 is 2.65 bits per heavy atom. The van der Waals surface area contributed by atoms with Gasteiger partial charge in [-0.15, -0.1) is 0 Å². The van der Waals surface area contributed by atoms with Crippen molar-refractivity contribution >= 4 is 23.4 Å². The summed E-state index contributed by atoms with van der Waals surface area (Å²) in [6.07, 6.45) is -4.50. The molecule has 0 unspecified atom stereocenters. The van der Waals surface area contributed by atoms with Gasteiger partial charge in [0.15, 0.2) is 0 Å². The lowest BCUT2D eigenvalue weighted by molar-refractivity contribution is -0.137. The van der Waals surface area contributed by atoms with Crippen LogP contribution >= 0.6 is 11.8 Å². The summed E-state index contributed by atoms with van der Waals surface area (Å²) in [5.41, 5.74) is 0.859. The maximum Gasteiger partial charge on any atom is 0.416 e. The average molecular weight is 443 g/mol. The van der Waals surface area contributed by atoms with Crippen LogP contribution in [0.1, 0.15) is 11.1 Å². The second-order valence-corrected chi connectivity index (χ2v) is 7.27. The highest BCUT2D eigenvalue weighted by molar-refractivity contribution is 8.00. The Bertz CT molecular complexity index is 1140. The highest BCUT2D eigenvalue weighted by Crippen LogP contribution is 2.31. The fourth-order valence-corrected chi connectivity index (χ4v) is 3.46. The van der Waals surface area contributed by atoms with Crippen molar-refractivity contribution in [2.24, 2.45) is 0 Å². The molecule has 0 bridgehead atoms. The molecule has 0 atom stereocenters. The van der Waals surface area contributed by atoms with Crippen LogP contribution in [0.5, 0.6) is 5.75 Å². The van der Waals surface area contributed by atoms with Gasteiger partial charge in [0, 0.05) is 11.3 Å². The molecule has 0 aliphatic heterocycles. The molecule has 3 aromatic rings. The summed E-state index contributed by atoms with van der Waals surface area (Å²) in [6, 6.07) is 17.0. The number of nitrogens with zero attached hydrogens (tertiary/aromatic N) is 2. The highest BCUT2D eigenvalue weighted by Gasteiger charge is 2.30. The molecule has 0 aliphatic carbocycles. The van der Waals surface area contributed by atoms with Crippen molar-refractivity contribution in [2.45, 2.75) is 11.2 Å². The van der Waals surface area contributed by atoms with Crippen LogP contribution in [0.4, 0.5) is 18.9 Å². The van der Waals surface area contributed by atoms with Gasteiger partial charge in [0.1, 0.15) is 16.8 Å². The lowest BCUT2D eigenvalue weighted by Gasteiger charge is -2.10. The predicted octanol–water partition coefficient (Wildman–Crippen LogP) is 5.38. The molecule has 2 aromatic carbocycles. The van der Waals surface area contributed by atoms with Crippen molar-refractivity contribution in [1.29, 1.82) is 5.26 Å². The molecule has 1 aromatic heterocycles. The van der Waals surface area contributed by atoms with Crippen LogP contribution in [0.3, 0.4) is 0 Å². The van der Waals surface area contributed by atoms with E-state index in [2.05, 4.69) is 10.3 Å². The first-order chi connectivity index (χ1) is 14.8. The topological polar surface area (TPSA) is 75.0 Å². The largest absolute Gasteiger partial charge is 0.497 e. The van der Waals surface area contributed by atoms with Crippen LogP contribution in [0.2, 0.25) is 0 Å². The molecule has 0 fully saturated rings. The zero-order valence-electron chi connectivity index (χ0n) is 16.2. The molecule has 5 nitrogen and oxygen atoms in total. The zero-order chi connectivity index (χ0) is 22.4. The average Bonchev–Trinajstić information content (AvgIpc) is 2.77. The third-order valence-corrected chi connectivity index (χ3v) is 5.15. The van der Waals surface area contributed by atoms with E-state index in [9.17, 15) is 23.2 Å². The molecule has 1 heterocycles. The van der Waals surface area contributed by atoms with Gasteiger partial charge in [-0.2, -0.15) is 18.4 Å². The first kappa shape index (κ1) is 22.2. The normalized spacial score (nSPS) is 10.9.